The molecule has 3 rings (SSSR count). The van der Waals surface area contributed by atoms with Crippen LogP contribution in [-0.2, 0) is 6.18 Å². The van der Waals surface area contributed by atoms with Crippen molar-refractivity contribution >= 4 is 17.5 Å². The van der Waals surface area contributed by atoms with Gasteiger partial charge in [-0.25, -0.2) is 4.98 Å². The largest absolute Gasteiger partial charge is 0.421 e. The first-order valence-corrected chi connectivity index (χ1v) is 8.20. The van der Waals surface area contributed by atoms with E-state index in [-0.39, 0.29) is 30.9 Å². The van der Waals surface area contributed by atoms with E-state index in [2.05, 4.69) is 25.7 Å². The van der Waals surface area contributed by atoms with E-state index in [1.165, 1.54) is 16.6 Å². The molecule has 2 N–H and O–H groups in total. The third kappa shape index (κ3) is 4.46. The summed E-state index contributed by atoms with van der Waals surface area (Å²) in [7, 11) is 1.31. The van der Waals surface area contributed by atoms with Crippen molar-refractivity contribution in [3.63, 3.8) is 0 Å². The molecule has 1 saturated heterocycles. The van der Waals surface area contributed by atoms with Crippen LogP contribution >= 0.6 is 0 Å². The standard InChI is InChI=1S/C15H17F6N7/c1-8-11(6-28(26-8)9-4-27(5-9)7-14(16,17)18)24-13-23-3-10(15(19,20)21)12(22-2)25-13/h3,6,9H,4-5,7H2,1-2H3,(H2,22,23,24,25). The van der Waals surface area contributed by atoms with Crippen LogP contribution in [0.5, 0.6) is 0 Å². The summed E-state index contributed by atoms with van der Waals surface area (Å²) >= 11 is 0. The average Bonchev–Trinajstić information content (AvgIpc) is 2.88. The molecule has 0 aromatic carbocycles. The normalized spacial score (nSPS) is 16.1. The maximum absolute atomic E-state index is 12.9. The van der Waals surface area contributed by atoms with Gasteiger partial charge in [-0.1, -0.05) is 0 Å². The highest BCUT2D eigenvalue weighted by Gasteiger charge is 2.38. The molecule has 13 heteroatoms. The smallest absolute Gasteiger partial charge is 0.372 e. The Morgan fingerprint density at radius 2 is 1.86 bits per heavy atom. The molecule has 0 unspecified atom stereocenters. The lowest BCUT2D eigenvalue weighted by molar-refractivity contribution is -0.157. The summed E-state index contributed by atoms with van der Waals surface area (Å²) in [4.78, 5) is 8.75. The molecule has 7 nitrogen and oxygen atoms in total. The second-order valence-corrected chi connectivity index (χ2v) is 6.40. The van der Waals surface area contributed by atoms with Crippen molar-refractivity contribution in [3.8, 4) is 0 Å². The molecule has 3 heterocycles. The van der Waals surface area contributed by atoms with Crippen LogP contribution in [0.15, 0.2) is 12.4 Å². The first-order valence-electron chi connectivity index (χ1n) is 8.20. The predicted molar refractivity (Wildman–Crippen MR) is 88.4 cm³/mol. The molecule has 0 saturated carbocycles. The van der Waals surface area contributed by atoms with Gasteiger partial charge in [-0.15, -0.1) is 0 Å². The lowest BCUT2D eigenvalue weighted by atomic mass is 10.1. The fourth-order valence-corrected chi connectivity index (χ4v) is 2.84. The highest BCUT2D eigenvalue weighted by molar-refractivity contribution is 5.57. The molecule has 0 amide bonds. The summed E-state index contributed by atoms with van der Waals surface area (Å²) < 4.78 is 77.3. The zero-order valence-corrected chi connectivity index (χ0v) is 14.9. The number of aryl methyl sites for hydroxylation is 1. The van der Waals surface area contributed by atoms with Gasteiger partial charge in [0.1, 0.15) is 11.4 Å². The van der Waals surface area contributed by atoms with Crippen molar-refractivity contribution in [1.82, 2.24) is 24.6 Å². The van der Waals surface area contributed by atoms with E-state index in [1.807, 2.05) is 0 Å². The minimum absolute atomic E-state index is 0.0627. The molecular formula is C15H17F6N7. The number of nitrogens with zero attached hydrogens (tertiary/aromatic N) is 5. The van der Waals surface area contributed by atoms with Gasteiger partial charge in [-0.05, 0) is 6.92 Å². The molecule has 0 spiro atoms. The molecule has 1 aliphatic rings. The Morgan fingerprint density at radius 3 is 2.43 bits per heavy atom. The van der Waals surface area contributed by atoms with Crippen molar-refractivity contribution in [2.45, 2.75) is 25.3 Å². The SMILES string of the molecule is CNc1nc(Nc2cn(C3CN(CC(F)(F)F)C3)nc2C)ncc1C(F)(F)F. The van der Waals surface area contributed by atoms with E-state index < -0.39 is 24.5 Å². The van der Waals surface area contributed by atoms with Crippen LogP contribution in [-0.4, -0.2) is 57.5 Å². The van der Waals surface area contributed by atoms with Crippen molar-refractivity contribution in [2.75, 3.05) is 37.3 Å². The van der Waals surface area contributed by atoms with Gasteiger partial charge in [-0.2, -0.15) is 36.4 Å². The molecule has 1 fully saturated rings. The summed E-state index contributed by atoms with van der Waals surface area (Å²) in [6.45, 7) is 1.11. The Kier molecular flexibility index (Phi) is 5.12. The minimum atomic E-state index is -4.59. The summed E-state index contributed by atoms with van der Waals surface area (Å²) in [5.74, 6) is -0.441. The van der Waals surface area contributed by atoms with Gasteiger partial charge >= 0.3 is 12.4 Å². The highest BCUT2D eigenvalue weighted by atomic mass is 19.4. The average molecular weight is 409 g/mol. The van der Waals surface area contributed by atoms with Gasteiger partial charge in [0.25, 0.3) is 0 Å². The zero-order chi connectivity index (χ0) is 20.7. The second-order valence-electron chi connectivity index (χ2n) is 6.40. The van der Waals surface area contributed by atoms with E-state index in [1.54, 1.807) is 13.1 Å². The maximum atomic E-state index is 12.9. The number of aromatic nitrogens is 4. The lowest BCUT2D eigenvalue weighted by Gasteiger charge is -2.39. The fraction of sp³-hybridized carbons (Fsp3) is 0.533. The Balaban J connectivity index is 1.70. The number of likely N-dealkylation sites (tertiary alicyclic amines) is 1. The fourth-order valence-electron chi connectivity index (χ4n) is 2.84. The van der Waals surface area contributed by atoms with Gasteiger partial charge < -0.3 is 10.6 Å². The highest BCUT2D eigenvalue weighted by Crippen LogP contribution is 2.34. The molecule has 1 aliphatic heterocycles. The summed E-state index contributed by atoms with van der Waals surface area (Å²) in [6, 6.07) is -0.210. The van der Waals surface area contributed by atoms with Crippen LogP contribution in [0.25, 0.3) is 0 Å². The van der Waals surface area contributed by atoms with Crippen LogP contribution in [0, 0.1) is 6.92 Å². The third-order valence-electron chi connectivity index (χ3n) is 4.21. The lowest BCUT2D eigenvalue weighted by Crippen LogP contribution is -2.51. The van der Waals surface area contributed by atoms with Crippen molar-refractivity contribution < 1.29 is 26.3 Å². The van der Waals surface area contributed by atoms with Crippen LogP contribution < -0.4 is 10.6 Å². The first kappa shape index (κ1) is 20.2. The van der Waals surface area contributed by atoms with Gasteiger partial charge in [0.2, 0.25) is 5.95 Å². The molecule has 0 aliphatic carbocycles. The van der Waals surface area contributed by atoms with Crippen LogP contribution in [0.4, 0.5) is 43.8 Å². The van der Waals surface area contributed by atoms with Crippen LogP contribution in [0.3, 0.4) is 0 Å². The molecule has 2 aromatic heterocycles. The molecule has 154 valence electrons. The molecule has 2 aromatic rings. The molecule has 0 bridgehead atoms. The topological polar surface area (TPSA) is 70.9 Å². The molecule has 0 atom stereocenters. The van der Waals surface area contributed by atoms with E-state index in [9.17, 15) is 26.3 Å². The van der Waals surface area contributed by atoms with E-state index >= 15 is 0 Å². The van der Waals surface area contributed by atoms with Crippen LogP contribution in [0.2, 0.25) is 0 Å². The van der Waals surface area contributed by atoms with Gasteiger partial charge in [0, 0.05) is 32.5 Å². The Morgan fingerprint density at radius 1 is 1.18 bits per heavy atom. The van der Waals surface area contributed by atoms with Crippen molar-refractivity contribution in [2.24, 2.45) is 0 Å². The molecule has 0 radical (unpaired) electrons. The Bertz CT molecular complexity index is 838. The number of hydrogen-bond acceptors (Lipinski definition) is 6. The molecule has 28 heavy (non-hydrogen) atoms. The number of hydrogen-bond donors (Lipinski definition) is 2. The number of alkyl halides is 6. The Labute approximate surface area is 155 Å². The first-order chi connectivity index (χ1) is 13.0. The quantitative estimate of drug-likeness (QED) is 0.740. The minimum Gasteiger partial charge on any atom is -0.372 e. The van der Waals surface area contributed by atoms with Crippen LogP contribution in [0.1, 0.15) is 17.3 Å². The van der Waals surface area contributed by atoms with Crippen molar-refractivity contribution in [3.05, 3.63) is 23.7 Å². The predicted octanol–water partition coefficient (Wildman–Crippen LogP) is 3.20. The van der Waals surface area contributed by atoms with Gasteiger partial charge in [-0.3, -0.25) is 9.58 Å². The zero-order valence-electron chi connectivity index (χ0n) is 14.9. The number of rotatable bonds is 5. The monoisotopic (exact) mass is 409 g/mol. The number of nitrogens with one attached hydrogen (secondary N) is 2. The van der Waals surface area contributed by atoms with Crippen molar-refractivity contribution in [1.29, 1.82) is 0 Å². The maximum Gasteiger partial charge on any atom is 0.421 e. The summed E-state index contributed by atoms with van der Waals surface area (Å²) in [6.07, 6.45) is -6.60. The van der Waals surface area contributed by atoms with E-state index in [0.717, 1.165) is 0 Å². The second kappa shape index (κ2) is 7.11. The summed E-state index contributed by atoms with van der Waals surface area (Å²) in [5, 5.41) is 9.42. The van der Waals surface area contributed by atoms with E-state index in [4.69, 9.17) is 0 Å². The Hall–Kier alpha value is -2.57. The number of halogens is 6. The van der Waals surface area contributed by atoms with E-state index in [0.29, 0.717) is 17.6 Å². The number of anilines is 3. The molecular weight excluding hydrogens is 392 g/mol. The third-order valence-corrected chi connectivity index (χ3v) is 4.21. The summed E-state index contributed by atoms with van der Waals surface area (Å²) in [5.41, 5.74) is -0.0212. The van der Waals surface area contributed by atoms with Gasteiger partial charge in [0.05, 0.1) is 24.0 Å². The van der Waals surface area contributed by atoms with Gasteiger partial charge in [0.15, 0.2) is 0 Å².